The van der Waals surface area contributed by atoms with Crippen LogP contribution in [0.3, 0.4) is 0 Å². The molecule has 0 aromatic carbocycles. The Morgan fingerprint density at radius 2 is 1.65 bits per heavy atom. The van der Waals surface area contributed by atoms with Gasteiger partial charge in [-0.25, -0.2) is 14.4 Å². The number of hydrogen-bond acceptors (Lipinski definition) is 6. The standard InChI is InChI=1S/C16H27NO6/c1-10(2)8-12(17-15(20)23-16(3,4)5)11(14(19)22-7)9-13(18)21-6/h9-10,12H,8H2,1-7H3,(H,17,20)/b11-9-/t12-/m0/s1. The molecule has 0 spiro atoms. The molecule has 0 aromatic rings. The fourth-order valence-corrected chi connectivity index (χ4v) is 1.79. The van der Waals surface area contributed by atoms with Gasteiger partial charge in [-0.1, -0.05) is 13.8 Å². The lowest BCUT2D eigenvalue weighted by molar-refractivity contribution is -0.138. The van der Waals surface area contributed by atoms with E-state index < -0.39 is 29.7 Å². The predicted molar refractivity (Wildman–Crippen MR) is 84.7 cm³/mol. The molecule has 1 amide bonds. The van der Waals surface area contributed by atoms with E-state index in [-0.39, 0.29) is 11.5 Å². The smallest absolute Gasteiger partial charge is 0.408 e. The Bertz CT molecular complexity index is 462. The maximum absolute atomic E-state index is 12.0. The van der Waals surface area contributed by atoms with Crippen LogP contribution in [0.5, 0.6) is 0 Å². The zero-order valence-electron chi connectivity index (χ0n) is 14.9. The summed E-state index contributed by atoms with van der Waals surface area (Å²) < 4.78 is 14.4. The Morgan fingerprint density at radius 1 is 1.09 bits per heavy atom. The number of hydrogen-bond donors (Lipinski definition) is 1. The summed E-state index contributed by atoms with van der Waals surface area (Å²) in [6.07, 6.45) is 0.774. The van der Waals surface area contributed by atoms with Gasteiger partial charge in [-0.2, -0.15) is 0 Å². The van der Waals surface area contributed by atoms with Crippen LogP contribution in [0.15, 0.2) is 11.6 Å². The zero-order chi connectivity index (χ0) is 18.2. The summed E-state index contributed by atoms with van der Waals surface area (Å²) >= 11 is 0. The molecule has 7 nitrogen and oxygen atoms in total. The molecule has 0 aromatic heterocycles. The van der Waals surface area contributed by atoms with Crippen LogP contribution in [0.2, 0.25) is 0 Å². The quantitative estimate of drug-likeness (QED) is 0.456. The third-order valence-corrected chi connectivity index (χ3v) is 2.67. The summed E-state index contributed by atoms with van der Waals surface area (Å²) in [6, 6.07) is -0.726. The van der Waals surface area contributed by atoms with Crippen LogP contribution in [-0.2, 0) is 23.8 Å². The van der Waals surface area contributed by atoms with Gasteiger partial charge in [0.25, 0.3) is 0 Å². The van der Waals surface area contributed by atoms with Gasteiger partial charge in [-0.3, -0.25) is 0 Å². The van der Waals surface area contributed by atoms with Gasteiger partial charge in [-0.15, -0.1) is 0 Å². The molecule has 0 aliphatic rings. The van der Waals surface area contributed by atoms with Crippen molar-refractivity contribution >= 4 is 18.0 Å². The normalized spacial score (nSPS) is 13.3. The Kier molecular flexibility index (Phi) is 8.35. The first-order valence-electron chi connectivity index (χ1n) is 7.37. The average molecular weight is 329 g/mol. The van der Waals surface area contributed by atoms with Gasteiger partial charge in [0.05, 0.1) is 25.8 Å². The first kappa shape index (κ1) is 20.9. The Morgan fingerprint density at radius 3 is 2.04 bits per heavy atom. The van der Waals surface area contributed by atoms with Gasteiger partial charge in [0, 0.05) is 6.08 Å². The molecule has 23 heavy (non-hydrogen) atoms. The summed E-state index contributed by atoms with van der Waals surface area (Å²) in [6.45, 7) is 9.05. The van der Waals surface area contributed by atoms with E-state index in [2.05, 4.69) is 10.1 Å². The molecule has 1 N–H and O–H groups in total. The third kappa shape index (κ3) is 8.85. The molecule has 7 heteroatoms. The number of carbonyl (C=O) groups excluding carboxylic acids is 3. The van der Waals surface area contributed by atoms with E-state index in [1.165, 1.54) is 14.2 Å². The van der Waals surface area contributed by atoms with Crippen molar-refractivity contribution in [3.63, 3.8) is 0 Å². The number of nitrogens with one attached hydrogen (secondary N) is 1. The van der Waals surface area contributed by atoms with Crippen molar-refractivity contribution in [2.75, 3.05) is 14.2 Å². The van der Waals surface area contributed by atoms with E-state index in [1.54, 1.807) is 20.8 Å². The van der Waals surface area contributed by atoms with Crippen molar-refractivity contribution in [3.8, 4) is 0 Å². The summed E-state index contributed by atoms with van der Waals surface area (Å²) in [5.41, 5.74) is -0.664. The molecule has 0 radical (unpaired) electrons. The van der Waals surface area contributed by atoms with Crippen LogP contribution in [0.25, 0.3) is 0 Å². The van der Waals surface area contributed by atoms with Gasteiger partial charge in [0.1, 0.15) is 5.60 Å². The second-order valence-electron chi connectivity index (χ2n) is 6.44. The molecule has 0 rings (SSSR count). The molecular formula is C16H27NO6. The Hall–Kier alpha value is -2.05. The van der Waals surface area contributed by atoms with Crippen LogP contribution in [0, 0.1) is 5.92 Å². The Labute approximate surface area is 137 Å². The topological polar surface area (TPSA) is 90.9 Å². The fourth-order valence-electron chi connectivity index (χ4n) is 1.79. The lowest BCUT2D eigenvalue weighted by Crippen LogP contribution is -2.42. The lowest BCUT2D eigenvalue weighted by Gasteiger charge is -2.25. The van der Waals surface area contributed by atoms with Gasteiger partial charge >= 0.3 is 18.0 Å². The maximum atomic E-state index is 12.0. The largest absolute Gasteiger partial charge is 0.466 e. The highest BCUT2D eigenvalue weighted by Crippen LogP contribution is 2.16. The van der Waals surface area contributed by atoms with E-state index >= 15 is 0 Å². The molecule has 0 unspecified atom stereocenters. The highest BCUT2D eigenvalue weighted by Gasteiger charge is 2.27. The van der Waals surface area contributed by atoms with Crippen LogP contribution in [0.4, 0.5) is 4.79 Å². The maximum Gasteiger partial charge on any atom is 0.408 e. The van der Waals surface area contributed by atoms with Crippen molar-refractivity contribution in [1.82, 2.24) is 5.32 Å². The molecule has 0 saturated heterocycles. The monoisotopic (exact) mass is 329 g/mol. The van der Waals surface area contributed by atoms with Gasteiger partial charge < -0.3 is 19.5 Å². The fraction of sp³-hybridized carbons (Fsp3) is 0.688. The second kappa shape index (κ2) is 9.17. The number of esters is 2. The minimum atomic E-state index is -0.726. The number of amides is 1. The third-order valence-electron chi connectivity index (χ3n) is 2.67. The second-order valence-corrected chi connectivity index (χ2v) is 6.44. The van der Waals surface area contributed by atoms with E-state index in [9.17, 15) is 14.4 Å². The van der Waals surface area contributed by atoms with Crippen molar-refractivity contribution in [3.05, 3.63) is 11.6 Å². The summed E-state index contributed by atoms with van der Waals surface area (Å²) in [7, 11) is 2.40. The predicted octanol–water partition coefficient (Wildman–Crippen LogP) is 2.20. The molecular weight excluding hydrogens is 302 g/mol. The molecule has 132 valence electrons. The molecule has 0 aliphatic carbocycles. The molecule has 0 saturated carbocycles. The van der Waals surface area contributed by atoms with Crippen molar-refractivity contribution in [1.29, 1.82) is 0 Å². The molecule has 0 bridgehead atoms. The molecule has 1 atom stereocenters. The molecule has 0 heterocycles. The summed E-state index contributed by atoms with van der Waals surface area (Å²) in [5, 5.41) is 2.61. The molecule has 0 fully saturated rings. The lowest BCUT2D eigenvalue weighted by atomic mass is 9.96. The number of ether oxygens (including phenoxy) is 3. The first-order valence-corrected chi connectivity index (χ1v) is 7.37. The van der Waals surface area contributed by atoms with Crippen molar-refractivity contribution < 1.29 is 28.6 Å². The van der Waals surface area contributed by atoms with E-state index in [0.29, 0.717) is 6.42 Å². The number of methoxy groups -OCH3 is 2. The Balaban J connectivity index is 5.45. The number of rotatable bonds is 6. The summed E-state index contributed by atoms with van der Waals surface area (Å²) in [5.74, 6) is -1.26. The number of carbonyl (C=O) groups is 3. The van der Waals surface area contributed by atoms with Gasteiger partial charge in [0.2, 0.25) is 0 Å². The zero-order valence-corrected chi connectivity index (χ0v) is 14.9. The minimum Gasteiger partial charge on any atom is -0.466 e. The van der Waals surface area contributed by atoms with E-state index in [4.69, 9.17) is 9.47 Å². The van der Waals surface area contributed by atoms with Crippen LogP contribution < -0.4 is 5.32 Å². The highest BCUT2D eigenvalue weighted by molar-refractivity contribution is 5.97. The van der Waals surface area contributed by atoms with Gasteiger partial charge in [0.15, 0.2) is 0 Å². The molecule has 0 aliphatic heterocycles. The number of alkyl carbamates (subject to hydrolysis) is 1. The summed E-state index contributed by atoms with van der Waals surface area (Å²) in [4.78, 5) is 35.5. The van der Waals surface area contributed by atoms with Crippen molar-refractivity contribution in [2.24, 2.45) is 5.92 Å². The minimum absolute atomic E-state index is 0.0129. The highest BCUT2D eigenvalue weighted by atomic mass is 16.6. The SMILES string of the molecule is COC(=O)/C=C(\C(=O)OC)[C@H](CC(C)C)NC(=O)OC(C)(C)C. The van der Waals surface area contributed by atoms with Crippen LogP contribution >= 0.6 is 0 Å². The van der Waals surface area contributed by atoms with Crippen molar-refractivity contribution in [2.45, 2.75) is 52.7 Å². The van der Waals surface area contributed by atoms with Gasteiger partial charge in [-0.05, 0) is 33.1 Å². The van der Waals surface area contributed by atoms with Crippen LogP contribution in [0.1, 0.15) is 41.0 Å². The van der Waals surface area contributed by atoms with Crippen LogP contribution in [-0.4, -0.2) is 43.9 Å². The first-order chi connectivity index (χ1) is 10.5. The van der Waals surface area contributed by atoms with E-state index in [1.807, 2.05) is 13.8 Å². The van der Waals surface area contributed by atoms with E-state index in [0.717, 1.165) is 6.08 Å². The average Bonchev–Trinajstić information content (AvgIpc) is 2.40.